The van der Waals surface area contributed by atoms with E-state index in [1.165, 1.54) is 27.9 Å². The van der Waals surface area contributed by atoms with Crippen molar-refractivity contribution in [2.45, 2.75) is 13.0 Å². The molecular weight excluding hydrogens is 256 g/mol. The van der Waals surface area contributed by atoms with Crippen molar-refractivity contribution in [1.29, 1.82) is 0 Å². The van der Waals surface area contributed by atoms with Crippen molar-refractivity contribution >= 4 is 22.3 Å². The molecule has 0 amide bonds. The summed E-state index contributed by atoms with van der Waals surface area (Å²) in [4.78, 5) is 5.37. The Morgan fingerprint density at radius 1 is 1.26 bits per heavy atom. The van der Waals surface area contributed by atoms with Gasteiger partial charge in [0.15, 0.2) is 0 Å². The second-order valence-electron chi connectivity index (χ2n) is 4.25. The molecule has 1 atom stereocenters. The zero-order chi connectivity index (χ0) is 13.1. The number of hydrogen-bond donors (Lipinski definition) is 1. The Morgan fingerprint density at radius 3 is 3.00 bits per heavy atom. The summed E-state index contributed by atoms with van der Waals surface area (Å²) in [5, 5.41) is 9.81. The number of pyridine rings is 1. The highest BCUT2D eigenvalue weighted by molar-refractivity contribution is 7.05. The van der Waals surface area contributed by atoms with Gasteiger partial charge < -0.3 is 5.32 Å². The summed E-state index contributed by atoms with van der Waals surface area (Å²) in [6.45, 7) is 2.99. The number of aromatic nitrogens is 3. The van der Waals surface area contributed by atoms with Crippen LogP contribution in [0.2, 0.25) is 0 Å². The first-order valence-electron chi connectivity index (χ1n) is 6.23. The molecule has 3 aromatic rings. The maximum Gasteiger partial charge on any atom is 0.0710 e. The topological polar surface area (TPSA) is 50.7 Å². The molecule has 0 aliphatic rings. The molecular formula is C14H14N4S. The van der Waals surface area contributed by atoms with E-state index in [4.69, 9.17) is 0 Å². The highest BCUT2D eigenvalue weighted by atomic mass is 32.1. The molecule has 1 N–H and O–H groups in total. The van der Waals surface area contributed by atoms with E-state index < -0.39 is 0 Å². The minimum Gasteiger partial charge on any atom is -0.306 e. The predicted octanol–water partition coefficient (Wildman–Crippen LogP) is 2.79. The van der Waals surface area contributed by atoms with Crippen molar-refractivity contribution < 1.29 is 0 Å². The van der Waals surface area contributed by atoms with E-state index in [-0.39, 0.29) is 6.04 Å². The van der Waals surface area contributed by atoms with Crippen LogP contribution in [-0.4, -0.2) is 21.1 Å². The zero-order valence-corrected chi connectivity index (χ0v) is 11.4. The molecule has 96 valence electrons. The summed E-state index contributed by atoms with van der Waals surface area (Å²) in [7, 11) is 0. The maximum absolute atomic E-state index is 4.24. The molecule has 0 aliphatic heterocycles. The third-order valence-corrected chi connectivity index (χ3v) is 3.83. The van der Waals surface area contributed by atoms with Crippen LogP contribution in [0.3, 0.4) is 0 Å². The average molecular weight is 270 g/mol. The summed E-state index contributed by atoms with van der Waals surface area (Å²) >= 11 is 1.43. The van der Waals surface area contributed by atoms with Gasteiger partial charge in [-0.25, -0.2) is 0 Å². The lowest BCUT2D eigenvalue weighted by molar-refractivity contribution is 0.642. The molecule has 0 bridgehead atoms. The summed E-state index contributed by atoms with van der Waals surface area (Å²) < 4.78 is 3.97. The molecule has 2 aromatic heterocycles. The number of nitrogens with one attached hydrogen (secondary N) is 1. The van der Waals surface area contributed by atoms with Gasteiger partial charge in [0.05, 0.1) is 17.1 Å². The Kier molecular flexibility index (Phi) is 3.48. The summed E-state index contributed by atoms with van der Waals surface area (Å²) in [5.41, 5.74) is 1.22. The van der Waals surface area contributed by atoms with E-state index in [9.17, 15) is 0 Å². The van der Waals surface area contributed by atoms with Gasteiger partial charge in [-0.1, -0.05) is 29.6 Å². The van der Waals surface area contributed by atoms with Gasteiger partial charge in [-0.15, -0.1) is 5.10 Å². The minimum absolute atomic E-state index is 0.123. The van der Waals surface area contributed by atoms with Crippen LogP contribution in [0.15, 0.2) is 42.9 Å². The van der Waals surface area contributed by atoms with Crippen LogP contribution in [0, 0.1) is 0 Å². The fourth-order valence-electron chi connectivity index (χ4n) is 2.26. The van der Waals surface area contributed by atoms with Gasteiger partial charge in [0.25, 0.3) is 0 Å². The molecule has 1 aromatic carbocycles. The Morgan fingerprint density at radius 2 is 2.21 bits per heavy atom. The van der Waals surface area contributed by atoms with Crippen molar-refractivity contribution in [1.82, 2.24) is 19.9 Å². The van der Waals surface area contributed by atoms with Crippen LogP contribution in [0.5, 0.6) is 0 Å². The first-order chi connectivity index (χ1) is 9.40. The highest BCUT2D eigenvalue weighted by Crippen LogP contribution is 2.29. The van der Waals surface area contributed by atoms with Crippen molar-refractivity contribution in [3.63, 3.8) is 0 Å². The number of fused-ring (bicyclic) bond motifs is 1. The minimum atomic E-state index is 0.123. The normalized spacial score (nSPS) is 12.7. The second kappa shape index (κ2) is 5.42. The monoisotopic (exact) mass is 270 g/mol. The standard InChI is InChI=1S/C14H14N4S/c1-2-16-14(13-9-17-18-19-13)11-5-3-4-10-6-7-15-8-12(10)11/h3-9,14,16H,2H2,1H3. The molecule has 1 unspecified atom stereocenters. The van der Waals surface area contributed by atoms with Crippen LogP contribution in [0.25, 0.3) is 10.8 Å². The number of nitrogens with zero attached hydrogens (tertiary/aromatic N) is 3. The first kappa shape index (κ1) is 12.2. The Hall–Kier alpha value is -1.85. The lowest BCUT2D eigenvalue weighted by Gasteiger charge is -2.17. The average Bonchev–Trinajstić information content (AvgIpc) is 2.98. The first-order valence-corrected chi connectivity index (χ1v) is 7.00. The van der Waals surface area contributed by atoms with Gasteiger partial charge >= 0.3 is 0 Å². The van der Waals surface area contributed by atoms with E-state index in [1.54, 1.807) is 0 Å². The largest absolute Gasteiger partial charge is 0.306 e. The molecule has 0 spiro atoms. The van der Waals surface area contributed by atoms with Crippen molar-refractivity contribution in [2.75, 3.05) is 6.54 Å². The Labute approximate surface area is 115 Å². The third-order valence-electron chi connectivity index (χ3n) is 3.10. The number of rotatable bonds is 4. The lowest BCUT2D eigenvalue weighted by Crippen LogP contribution is -2.21. The molecule has 0 fully saturated rings. The maximum atomic E-state index is 4.24. The molecule has 0 saturated heterocycles. The van der Waals surface area contributed by atoms with E-state index in [0.717, 1.165) is 11.4 Å². The molecule has 5 heteroatoms. The molecule has 0 saturated carbocycles. The SMILES string of the molecule is CCNC(c1cnns1)c1cccc2ccncc12. The number of hydrogen-bond acceptors (Lipinski definition) is 5. The quantitative estimate of drug-likeness (QED) is 0.792. The van der Waals surface area contributed by atoms with Crippen LogP contribution in [-0.2, 0) is 0 Å². The van der Waals surface area contributed by atoms with Crippen molar-refractivity contribution in [3.8, 4) is 0 Å². The molecule has 4 nitrogen and oxygen atoms in total. The van der Waals surface area contributed by atoms with Gasteiger partial charge in [0.1, 0.15) is 0 Å². The van der Waals surface area contributed by atoms with Gasteiger partial charge in [-0.2, -0.15) is 0 Å². The van der Waals surface area contributed by atoms with Crippen molar-refractivity contribution in [2.24, 2.45) is 0 Å². The van der Waals surface area contributed by atoms with Gasteiger partial charge in [0, 0.05) is 17.8 Å². The van der Waals surface area contributed by atoms with Crippen LogP contribution in [0.1, 0.15) is 23.4 Å². The van der Waals surface area contributed by atoms with Gasteiger partial charge in [-0.3, -0.25) is 4.98 Å². The Bertz CT molecular complexity index is 661. The van der Waals surface area contributed by atoms with Gasteiger partial charge in [-0.05, 0) is 35.1 Å². The van der Waals surface area contributed by atoms with Crippen molar-refractivity contribution in [3.05, 3.63) is 53.3 Å². The fraction of sp³-hybridized carbons (Fsp3) is 0.214. The molecule has 3 rings (SSSR count). The van der Waals surface area contributed by atoms with E-state index in [0.29, 0.717) is 0 Å². The molecule has 0 radical (unpaired) electrons. The predicted molar refractivity (Wildman–Crippen MR) is 77.2 cm³/mol. The fourth-order valence-corrected chi connectivity index (χ4v) is 2.86. The molecule has 19 heavy (non-hydrogen) atoms. The van der Waals surface area contributed by atoms with Crippen LogP contribution < -0.4 is 5.32 Å². The smallest absolute Gasteiger partial charge is 0.0710 e. The van der Waals surface area contributed by atoms with Gasteiger partial charge in [0.2, 0.25) is 0 Å². The Balaban J connectivity index is 2.15. The van der Waals surface area contributed by atoms with E-state index in [2.05, 4.69) is 45.0 Å². The van der Waals surface area contributed by atoms with Crippen LogP contribution >= 0.6 is 11.5 Å². The zero-order valence-electron chi connectivity index (χ0n) is 10.6. The molecule has 0 aliphatic carbocycles. The summed E-state index contributed by atoms with van der Waals surface area (Å²) in [6, 6.07) is 8.48. The molecule has 2 heterocycles. The van der Waals surface area contributed by atoms with Crippen LogP contribution in [0.4, 0.5) is 0 Å². The highest BCUT2D eigenvalue weighted by Gasteiger charge is 2.17. The van der Waals surface area contributed by atoms with E-state index in [1.807, 2.05) is 24.7 Å². The van der Waals surface area contributed by atoms with E-state index >= 15 is 0 Å². The lowest BCUT2D eigenvalue weighted by atomic mass is 9.99. The summed E-state index contributed by atoms with van der Waals surface area (Å²) in [6.07, 6.45) is 5.57. The second-order valence-corrected chi connectivity index (χ2v) is 5.07. The number of benzene rings is 1. The summed E-state index contributed by atoms with van der Waals surface area (Å²) in [5.74, 6) is 0. The third kappa shape index (κ3) is 2.34.